The maximum absolute atomic E-state index is 13.2. The number of benzene rings is 1. The van der Waals surface area contributed by atoms with Crippen molar-refractivity contribution in [2.45, 2.75) is 17.6 Å². The summed E-state index contributed by atoms with van der Waals surface area (Å²) in [6, 6.07) is 4.57. The van der Waals surface area contributed by atoms with E-state index in [1.54, 1.807) is 6.07 Å². The number of nitrogens with zero attached hydrogens (tertiary/aromatic N) is 2. The van der Waals surface area contributed by atoms with Gasteiger partial charge in [0.1, 0.15) is 5.82 Å². The van der Waals surface area contributed by atoms with Crippen LogP contribution in [0.4, 0.5) is 10.1 Å². The third-order valence-electron chi connectivity index (χ3n) is 2.53. The molecule has 0 unspecified atom stereocenters. The maximum Gasteiger partial charge on any atom is 0.126 e. The first kappa shape index (κ1) is 13.4. The summed E-state index contributed by atoms with van der Waals surface area (Å²) < 4.78 is 16.0. The topological polar surface area (TPSA) is 43.8 Å². The van der Waals surface area contributed by atoms with Crippen molar-refractivity contribution < 1.29 is 4.39 Å². The van der Waals surface area contributed by atoms with Crippen molar-refractivity contribution in [1.29, 1.82) is 0 Å². The summed E-state index contributed by atoms with van der Waals surface area (Å²) in [5.74, 6) is 0.402. The SMILES string of the molecule is Cc1nn(C)c(CSc2cc(N)cc(F)c2)c1Br. The van der Waals surface area contributed by atoms with Gasteiger partial charge in [-0.2, -0.15) is 5.10 Å². The van der Waals surface area contributed by atoms with Gasteiger partial charge in [-0.3, -0.25) is 4.68 Å². The highest BCUT2D eigenvalue weighted by molar-refractivity contribution is 9.10. The number of hydrogen-bond acceptors (Lipinski definition) is 3. The zero-order valence-corrected chi connectivity index (χ0v) is 12.5. The van der Waals surface area contributed by atoms with E-state index < -0.39 is 0 Å². The van der Waals surface area contributed by atoms with Crippen molar-refractivity contribution in [2.24, 2.45) is 7.05 Å². The van der Waals surface area contributed by atoms with Crippen LogP contribution in [0.5, 0.6) is 0 Å². The molecule has 0 saturated heterocycles. The van der Waals surface area contributed by atoms with Crippen molar-refractivity contribution in [3.8, 4) is 0 Å². The zero-order valence-electron chi connectivity index (χ0n) is 10.1. The average molecular weight is 330 g/mol. The molecule has 2 rings (SSSR count). The van der Waals surface area contributed by atoms with Crippen molar-refractivity contribution in [3.05, 3.63) is 39.9 Å². The fourth-order valence-electron chi connectivity index (χ4n) is 1.66. The van der Waals surface area contributed by atoms with E-state index in [0.29, 0.717) is 11.4 Å². The minimum Gasteiger partial charge on any atom is -0.399 e. The molecule has 18 heavy (non-hydrogen) atoms. The Hall–Kier alpha value is -1.01. The van der Waals surface area contributed by atoms with Gasteiger partial charge < -0.3 is 5.73 Å². The average Bonchev–Trinajstić information content (AvgIpc) is 2.50. The van der Waals surface area contributed by atoms with Gasteiger partial charge in [-0.1, -0.05) is 0 Å². The van der Waals surface area contributed by atoms with Crippen LogP contribution in [-0.4, -0.2) is 9.78 Å². The van der Waals surface area contributed by atoms with Crippen LogP contribution >= 0.6 is 27.7 Å². The van der Waals surface area contributed by atoms with Gasteiger partial charge in [0, 0.05) is 23.4 Å². The Kier molecular flexibility index (Phi) is 3.97. The van der Waals surface area contributed by atoms with Gasteiger partial charge in [0.25, 0.3) is 0 Å². The van der Waals surface area contributed by atoms with Gasteiger partial charge in [0.15, 0.2) is 0 Å². The Balaban J connectivity index is 2.16. The van der Waals surface area contributed by atoms with E-state index in [9.17, 15) is 4.39 Å². The molecule has 2 N–H and O–H groups in total. The number of hydrogen-bond donors (Lipinski definition) is 1. The first-order valence-corrected chi connectivity index (χ1v) is 7.12. The fourth-order valence-corrected chi connectivity index (χ4v) is 3.37. The summed E-state index contributed by atoms with van der Waals surface area (Å²) >= 11 is 5.04. The molecule has 0 aliphatic heterocycles. The third-order valence-corrected chi connectivity index (χ3v) is 4.55. The second-order valence-corrected chi connectivity index (χ2v) is 5.82. The third kappa shape index (κ3) is 2.87. The first-order valence-electron chi connectivity index (χ1n) is 5.34. The molecule has 0 aliphatic carbocycles. The highest BCUT2D eigenvalue weighted by Gasteiger charge is 2.11. The predicted octanol–water partition coefficient (Wildman–Crippen LogP) is 3.50. The summed E-state index contributed by atoms with van der Waals surface area (Å²) in [6.07, 6.45) is 0. The molecule has 0 aliphatic rings. The molecular formula is C12H13BrFN3S. The minimum atomic E-state index is -0.308. The van der Waals surface area contributed by atoms with Crippen LogP contribution in [0.3, 0.4) is 0 Å². The first-order chi connectivity index (χ1) is 8.47. The van der Waals surface area contributed by atoms with Crippen molar-refractivity contribution in [1.82, 2.24) is 9.78 Å². The monoisotopic (exact) mass is 329 g/mol. The summed E-state index contributed by atoms with van der Waals surface area (Å²) in [7, 11) is 1.90. The molecule has 96 valence electrons. The lowest BCUT2D eigenvalue weighted by Gasteiger charge is -2.05. The Morgan fingerprint density at radius 1 is 1.44 bits per heavy atom. The normalized spacial score (nSPS) is 10.9. The van der Waals surface area contributed by atoms with Crippen LogP contribution in [0, 0.1) is 12.7 Å². The summed E-state index contributed by atoms with van der Waals surface area (Å²) in [4.78, 5) is 0.818. The molecule has 3 nitrogen and oxygen atoms in total. The number of rotatable bonds is 3. The lowest BCUT2D eigenvalue weighted by molar-refractivity contribution is 0.625. The molecule has 0 spiro atoms. The molecule has 0 fully saturated rings. The zero-order chi connectivity index (χ0) is 13.3. The smallest absolute Gasteiger partial charge is 0.126 e. The van der Waals surface area contributed by atoms with Crippen LogP contribution in [0.25, 0.3) is 0 Å². The van der Waals surface area contributed by atoms with Gasteiger partial charge in [-0.15, -0.1) is 11.8 Å². The van der Waals surface area contributed by atoms with Crippen LogP contribution in [0.2, 0.25) is 0 Å². The molecule has 1 heterocycles. The standard InChI is InChI=1S/C12H13BrFN3S/c1-7-12(13)11(17(2)16-7)6-18-10-4-8(14)3-9(15)5-10/h3-5H,6,15H2,1-2H3. The summed E-state index contributed by atoms with van der Waals surface area (Å²) in [5, 5.41) is 4.32. The number of nitrogen functional groups attached to an aromatic ring is 1. The van der Waals surface area contributed by atoms with Crippen molar-refractivity contribution >= 4 is 33.4 Å². The van der Waals surface area contributed by atoms with E-state index >= 15 is 0 Å². The van der Waals surface area contributed by atoms with Crippen molar-refractivity contribution in [2.75, 3.05) is 5.73 Å². The van der Waals surface area contributed by atoms with Crippen LogP contribution in [-0.2, 0) is 12.8 Å². The molecular weight excluding hydrogens is 317 g/mol. The lowest BCUT2D eigenvalue weighted by Crippen LogP contribution is -1.97. The highest BCUT2D eigenvalue weighted by atomic mass is 79.9. The van der Waals surface area contributed by atoms with Gasteiger partial charge in [0.05, 0.1) is 15.9 Å². The second kappa shape index (κ2) is 5.32. The molecule has 0 bridgehead atoms. The summed E-state index contributed by atoms with van der Waals surface area (Å²) in [6.45, 7) is 1.94. The number of thioether (sulfide) groups is 1. The Morgan fingerprint density at radius 3 is 2.72 bits per heavy atom. The number of nitrogens with two attached hydrogens (primary N) is 1. The van der Waals surface area contributed by atoms with Crippen LogP contribution in [0.1, 0.15) is 11.4 Å². The van der Waals surface area contributed by atoms with Crippen LogP contribution in [0.15, 0.2) is 27.6 Å². The van der Waals surface area contributed by atoms with E-state index in [2.05, 4.69) is 21.0 Å². The van der Waals surface area contributed by atoms with E-state index in [0.717, 1.165) is 20.8 Å². The van der Waals surface area contributed by atoms with Gasteiger partial charge in [-0.05, 0) is 41.1 Å². The van der Waals surface area contributed by atoms with E-state index in [4.69, 9.17) is 5.73 Å². The molecule has 0 atom stereocenters. The number of anilines is 1. The van der Waals surface area contributed by atoms with E-state index in [-0.39, 0.29) is 5.82 Å². The Labute approximate surface area is 118 Å². The molecule has 2 aromatic rings. The number of halogens is 2. The fraction of sp³-hybridized carbons (Fsp3) is 0.250. The molecule has 0 saturated carbocycles. The van der Waals surface area contributed by atoms with Crippen molar-refractivity contribution in [3.63, 3.8) is 0 Å². The maximum atomic E-state index is 13.2. The predicted molar refractivity (Wildman–Crippen MR) is 76.0 cm³/mol. The van der Waals surface area contributed by atoms with E-state index in [1.165, 1.54) is 23.9 Å². The molecule has 6 heteroatoms. The lowest BCUT2D eigenvalue weighted by atomic mass is 10.3. The van der Waals surface area contributed by atoms with Gasteiger partial charge in [-0.25, -0.2) is 4.39 Å². The van der Waals surface area contributed by atoms with Gasteiger partial charge >= 0.3 is 0 Å². The molecule has 0 radical (unpaired) electrons. The molecule has 0 amide bonds. The summed E-state index contributed by atoms with van der Waals surface area (Å²) in [5.41, 5.74) is 8.08. The largest absolute Gasteiger partial charge is 0.399 e. The number of aromatic nitrogens is 2. The number of aryl methyl sites for hydroxylation is 2. The highest BCUT2D eigenvalue weighted by Crippen LogP contribution is 2.29. The molecule has 1 aromatic heterocycles. The Bertz CT molecular complexity index is 563. The molecule has 1 aromatic carbocycles. The minimum absolute atomic E-state index is 0.308. The van der Waals surface area contributed by atoms with Gasteiger partial charge in [0.2, 0.25) is 0 Å². The van der Waals surface area contributed by atoms with Crippen LogP contribution < -0.4 is 5.73 Å². The second-order valence-electron chi connectivity index (χ2n) is 3.98. The quantitative estimate of drug-likeness (QED) is 0.692. The Morgan fingerprint density at radius 2 is 2.17 bits per heavy atom. The van der Waals surface area contributed by atoms with E-state index in [1.807, 2.05) is 18.7 Å².